The predicted octanol–water partition coefficient (Wildman–Crippen LogP) is 3.15. The molecule has 0 unspecified atom stereocenters. The van der Waals surface area contributed by atoms with Crippen molar-refractivity contribution in [3.05, 3.63) is 70.6 Å². The number of hydrogen-bond acceptors (Lipinski definition) is 4. The maximum atomic E-state index is 11.9. The van der Waals surface area contributed by atoms with Gasteiger partial charge in [-0.2, -0.15) is 0 Å². The second-order valence-corrected chi connectivity index (χ2v) is 3.66. The molecule has 0 amide bonds. The summed E-state index contributed by atoms with van der Waals surface area (Å²) < 4.78 is 0. The Kier molecular flexibility index (Phi) is 3.38. The lowest BCUT2D eigenvalue weighted by Crippen LogP contribution is -2.14. The third kappa shape index (κ3) is 2.38. The van der Waals surface area contributed by atoms with E-state index in [2.05, 4.69) is 5.18 Å². The van der Waals surface area contributed by atoms with Crippen LogP contribution >= 0.6 is 0 Å². The lowest BCUT2D eigenvalue weighted by atomic mass is 10.0. The average Bonchev–Trinajstić information content (AvgIpc) is 2.47. The molecule has 0 saturated heterocycles. The standard InChI is InChI=1S/C14H9NO3/c16-13(10-4-2-1-3-5-10)14(17)11-6-8-12(15-18)9-7-11/h1-9H. The zero-order chi connectivity index (χ0) is 13.0. The van der Waals surface area contributed by atoms with Crippen LogP contribution in [0.25, 0.3) is 0 Å². The molecule has 2 aromatic carbocycles. The maximum Gasteiger partial charge on any atom is 0.233 e. The van der Waals surface area contributed by atoms with Crippen molar-refractivity contribution >= 4 is 17.3 Å². The van der Waals surface area contributed by atoms with Gasteiger partial charge in [-0.25, -0.2) is 0 Å². The second kappa shape index (κ2) is 5.14. The molecule has 0 aliphatic heterocycles. The monoisotopic (exact) mass is 239 g/mol. The van der Waals surface area contributed by atoms with E-state index in [9.17, 15) is 14.5 Å². The minimum absolute atomic E-state index is 0.221. The summed E-state index contributed by atoms with van der Waals surface area (Å²) in [7, 11) is 0. The smallest absolute Gasteiger partial charge is 0.233 e. The maximum absolute atomic E-state index is 11.9. The molecular formula is C14H9NO3. The summed E-state index contributed by atoms with van der Waals surface area (Å²) >= 11 is 0. The lowest BCUT2D eigenvalue weighted by molar-refractivity contribution is 0.0817. The van der Waals surface area contributed by atoms with E-state index >= 15 is 0 Å². The van der Waals surface area contributed by atoms with Crippen LogP contribution < -0.4 is 0 Å². The van der Waals surface area contributed by atoms with E-state index in [1.54, 1.807) is 30.3 Å². The van der Waals surface area contributed by atoms with Crippen molar-refractivity contribution < 1.29 is 9.59 Å². The van der Waals surface area contributed by atoms with Crippen LogP contribution in [-0.2, 0) is 0 Å². The van der Waals surface area contributed by atoms with E-state index in [-0.39, 0.29) is 11.3 Å². The quantitative estimate of drug-likeness (QED) is 0.467. The van der Waals surface area contributed by atoms with E-state index < -0.39 is 11.6 Å². The highest BCUT2D eigenvalue weighted by atomic mass is 16.3. The van der Waals surface area contributed by atoms with Crippen LogP contribution in [0.2, 0.25) is 0 Å². The van der Waals surface area contributed by atoms with Crippen LogP contribution in [0.15, 0.2) is 59.8 Å². The topological polar surface area (TPSA) is 63.6 Å². The average molecular weight is 239 g/mol. The van der Waals surface area contributed by atoms with Crippen LogP contribution in [-0.4, -0.2) is 11.6 Å². The molecule has 88 valence electrons. The molecule has 4 nitrogen and oxygen atoms in total. The SMILES string of the molecule is O=Nc1ccc(C(=O)C(=O)c2ccccc2)cc1. The number of rotatable bonds is 4. The van der Waals surface area contributed by atoms with Crippen LogP contribution in [0.3, 0.4) is 0 Å². The van der Waals surface area contributed by atoms with E-state index in [0.717, 1.165) is 0 Å². The minimum Gasteiger partial charge on any atom is -0.285 e. The molecule has 0 bridgehead atoms. The van der Waals surface area contributed by atoms with Gasteiger partial charge in [-0.15, -0.1) is 4.91 Å². The molecule has 0 aliphatic carbocycles. The summed E-state index contributed by atoms with van der Waals surface area (Å²) in [5.74, 6) is -1.17. The van der Waals surface area contributed by atoms with E-state index in [1.807, 2.05) is 0 Å². The summed E-state index contributed by atoms with van der Waals surface area (Å²) in [6.45, 7) is 0. The summed E-state index contributed by atoms with van der Waals surface area (Å²) in [6, 6.07) is 14.0. The Bertz CT molecular complexity index is 588. The Morgan fingerprint density at radius 3 is 1.72 bits per heavy atom. The summed E-state index contributed by atoms with van der Waals surface area (Å²) in [4.78, 5) is 34.0. The zero-order valence-corrected chi connectivity index (χ0v) is 9.37. The van der Waals surface area contributed by atoms with Gasteiger partial charge in [0.05, 0.1) is 0 Å². The molecule has 0 atom stereocenters. The third-order valence-electron chi connectivity index (χ3n) is 2.48. The first-order chi connectivity index (χ1) is 8.72. The van der Waals surface area contributed by atoms with Gasteiger partial charge in [0.2, 0.25) is 11.6 Å². The third-order valence-corrected chi connectivity index (χ3v) is 2.48. The molecule has 18 heavy (non-hydrogen) atoms. The molecule has 4 heteroatoms. The van der Waals surface area contributed by atoms with Gasteiger partial charge < -0.3 is 0 Å². The molecule has 0 saturated carbocycles. The van der Waals surface area contributed by atoms with Gasteiger partial charge in [0.1, 0.15) is 5.69 Å². The fourth-order valence-corrected chi connectivity index (χ4v) is 1.53. The lowest BCUT2D eigenvalue weighted by Gasteiger charge is -2.00. The van der Waals surface area contributed by atoms with E-state index in [0.29, 0.717) is 5.56 Å². The van der Waals surface area contributed by atoms with Crippen molar-refractivity contribution in [3.8, 4) is 0 Å². The molecule has 0 aliphatic rings. The number of nitroso groups, excluding NO2 is 1. The van der Waals surface area contributed by atoms with Crippen molar-refractivity contribution in [2.75, 3.05) is 0 Å². The number of nitrogens with zero attached hydrogens (tertiary/aromatic N) is 1. The Labute approximate surface area is 103 Å². The first kappa shape index (κ1) is 11.9. The highest BCUT2D eigenvalue weighted by molar-refractivity contribution is 6.49. The number of ketones is 2. The molecular weight excluding hydrogens is 230 g/mol. The number of carbonyl (C=O) groups excluding carboxylic acids is 2. The second-order valence-electron chi connectivity index (χ2n) is 3.66. The van der Waals surface area contributed by atoms with Gasteiger partial charge in [-0.1, -0.05) is 30.3 Å². The number of carbonyl (C=O) groups is 2. The van der Waals surface area contributed by atoms with Gasteiger partial charge in [0.15, 0.2) is 0 Å². The highest BCUT2D eigenvalue weighted by Crippen LogP contribution is 2.14. The Morgan fingerprint density at radius 1 is 0.722 bits per heavy atom. The molecule has 0 N–H and O–H groups in total. The predicted molar refractivity (Wildman–Crippen MR) is 67.0 cm³/mol. The fraction of sp³-hybridized carbons (Fsp3) is 0. The molecule has 0 aromatic heterocycles. The van der Waals surface area contributed by atoms with Crippen molar-refractivity contribution in [2.24, 2.45) is 5.18 Å². The Hall–Kier alpha value is -2.62. The largest absolute Gasteiger partial charge is 0.285 e. The molecule has 2 aromatic rings. The van der Waals surface area contributed by atoms with Crippen LogP contribution in [0.5, 0.6) is 0 Å². The molecule has 2 rings (SSSR count). The Balaban J connectivity index is 2.26. The van der Waals surface area contributed by atoms with Crippen molar-refractivity contribution in [1.82, 2.24) is 0 Å². The van der Waals surface area contributed by atoms with Crippen molar-refractivity contribution in [1.29, 1.82) is 0 Å². The van der Waals surface area contributed by atoms with Gasteiger partial charge in [0.25, 0.3) is 0 Å². The number of benzene rings is 2. The zero-order valence-electron chi connectivity index (χ0n) is 9.37. The van der Waals surface area contributed by atoms with E-state index in [1.165, 1.54) is 24.3 Å². The number of hydrogen-bond donors (Lipinski definition) is 0. The van der Waals surface area contributed by atoms with Gasteiger partial charge in [-0.05, 0) is 29.4 Å². The van der Waals surface area contributed by atoms with Crippen LogP contribution in [0.4, 0.5) is 5.69 Å². The highest BCUT2D eigenvalue weighted by Gasteiger charge is 2.17. The fourth-order valence-electron chi connectivity index (χ4n) is 1.53. The summed E-state index contributed by atoms with van der Waals surface area (Å²) in [5.41, 5.74) is 0.815. The van der Waals surface area contributed by atoms with Gasteiger partial charge >= 0.3 is 0 Å². The first-order valence-electron chi connectivity index (χ1n) is 5.30. The molecule has 0 spiro atoms. The molecule has 0 heterocycles. The summed E-state index contributed by atoms with van der Waals surface area (Å²) in [6.07, 6.45) is 0. The van der Waals surface area contributed by atoms with Crippen LogP contribution in [0.1, 0.15) is 20.7 Å². The first-order valence-corrected chi connectivity index (χ1v) is 5.30. The Morgan fingerprint density at radius 2 is 1.22 bits per heavy atom. The van der Waals surface area contributed by atoms with Crippen LogP contribution in [0, 0.1) is 4.91 Å². The summed E-state index contributed by atoms with van der Waals surface area (Å²) in [5, 5.41) is 2.73. The van der Waals surface area contributed by atoms with Gasteiger partial charge in [-0.3, -0.25) is 9.59 Å². The molecule has 0 fully saturated rings. The minimum atomic E-state index is -0.598. The number of Topliss-reactive ketones (excluding diaryl/α,β-unsaturated/α-hetero) is 2. The normalized spacial score (nSPS) is 9.78. The molecule has 0 radical (unpaired) electrons. The van der Waals surface area contributed by atoms with E-state index in [4.69, 9.17) is 0 Å². The van der Waals surface area contributed by atoms with Gasteiger partial charge in [0, 0.05) is 11.1 Å². The van der Waals surface area contributed by atoms with Crippen molar-refractivity contribution in [3.63, 3.8) is 0 Å². The van der Waals surface area contributed by atoms with Crippen molar-refractivity contribution in [2.45, 2.75) is 0 Å².